The van der Waals surface area contributed by atoms with E-state index in [9.17, 15) is 14.4 Å². The molecular weight excluding hydrogens is 536 g/mol. The summed E-state index contributed by atoms with van der Waals surface area (Å²) in [6.07, 6.45) is 4.25. The van der Waals surface area contributed by atoms with Crippen LogP contribution in [-0.2, 0) is 16.0 Å². The second-order valence-electron chi connectivity index (χ2n) is 8.47. The minimum absolute atomic E-state index is 0.246. The lowest BCUT2D eigenvalue weighted by molar-refractivity contribution is -0.123. The Hall–Kier alpha value is -5.20. The van der Waals surface area contributed by atoms with Crippen LogP contribution in [0.2, 0.25) is 5.02 Å². The number of amides is 2. The van der Waals surface area contributed by atoms with Gasteiger partial charge in [0.05, 0.1) is 5.69 Å². The molecule has 4 aromatic rings. The molecule has 0 fully saturated rings. The van der Waals surface area contributed by atoms with Crippen LogP contribution in [0.3, 0.4) is 0 Å². The smallest absolute Gasteiger partial charge is 0.340 e. The molecule has 1 heterocycles. The number of aromatic amines is 1. The van der Waals surface area contributed by atoms with Crippen LogP contribution in [-0.4, -0.2) is 34.3 Å². The van der Waals surface area contributed by atoms with Crippen LogP contribution >= 0.6 is 11.6 Å². The average Bonchev–Trinajstić information content (AvgIpc) is 3.39. The van der Waals surface area contributed by atoms with Crippen LogP contribution in [0.25, 0.3) is 17.5 Å². The number of hydrazone groups is 1. The van der Waals surface area contributed by atoms with Crippen molar-refractivity contribution in [2.45, 2.75) is 12.5 Å². The normalized spacial score (nSPS) is 11.9. The first-order valence-corrected chi connectivity index (χ1v) is 12.3. The Morgan fingerprint density at radius 3 is 2.55 bits per heavy atom. The molecule has 3 aromatic carbocycles. The van der Waals surface area contributed by atoms with Gasteiger partial charge < -0.3 is 16.5 Å². The van der Waals surface area contributed by atoms with Gasteiger partial charge in [-0.15, -0.1) is 0 Å². The van der Waals surface area contributed by atoms with E-state index in [2.05, 4.69) is 30.4 Å². The van der Waals surface area contributed by atoms with E-state index >= 15 is 0 Å². The quantitative estimate of drug-likeness (QED) is 0.0644. The third kappa shape index (κ3) is 7.43. The number of H-pyrrole nitrogens is 1. The molecule has 0 spiro atoms. The summed E-state index contributed by atoms with van der Waals surface area (Å²) < 4.78 is 4.52. The second kappa shape index (κ2) is 13.0. The van der Waals surface area contributed by atoms with E-state index in [1.165, 1.54) is 23.5 Å². The monoisotopic (exact) mass is 560 g/mol. The van der Waals surface area contributed by atoms with Crippen LogP contribution in [0.1, 0.15) is 11.1 Å². The largest absolute Gasteiger partial charge is 0.439 e. The highest BCUT2D eigenvalue weighted by Gasteiger charge is 2.21. The van der Waals surface area contributed by atoms with E-state index < -0.39 is 23.6 Å². The second-order valence-corrected chi connectivity index (χ2v) is 8.91. The molecule has 40 heavy (non-hydrogen) atoms. The van der Waals surface area contributed by atoms with Gasteiger partial charge in [0.15, 0.2) is 5.82 Å². The molecular formula is C27H25ClN8O4. The third-order valence-corrected chi connectivity index (χ3v) is 5.89. The Labute approximate surface area is 233 Å². The maximum absolute atomic E-state index is 13.3. The van der Waals surface area contributed by atoms with Gasteiger partial charge in [0.25, 0.3) is 0 Å². The molecule has 0 aliphatic carbocycles. The first-order valence-electron chi connectivity index (χ1n) is 11.9. The lowest BCUT2D eigenvalue weighted by Crippen LogP contribution is -2.44. The van der Waals surface area contributed by atoms with Gasteiger partial charge in [-0.2, -0.15) is 5.10 Å². The van der Waals surface area contributed by atoms with Crippen molar-refractivity contribution in [1.29, 1.82) is 0 Å². The maximum atomic E-state index is 13.3. The number of anilines is 2. The van der Waals surface area contributed by atoms with Crippen molar-refractivity contribution in [3.05, 3.63) is 106 Å². The van der Waals surface area contributed by atoms with Crippen LogP contribution in [0.15, 0.2) is 93.3 Å². The molecule has 0 unspecified atom stereocenters. The number of hydrazine groups is 1. The number of aromatic nitrogens is 2. The summed E-state index contributed by atoms with van der Waals surface area (Å²) in [6, 6.07) is 19.9. The Kier molecular flexibility index (Phi) is 9.07. The molecule has 7 N–H and O–H groups in total. The highest BCUT2D eigenvalue weighted by molar-refractivity contribution is 6.30. The van der Waals surface area contributed by atoms with Gasteiger partial charge in [-0.1, -0.05) is 47.1 Å². The third-order valence-electron chi connectivity index (χ3n) is 5.65. The zero-order chi connectivity index (χ0) is 28.5. The first-order chi connectivity index (χ1) is 19.3. The fraction of sp³-hybridized carbons (Fsp3) is 0.0741. The zero-order valence-electron chi connectivity index (χ0n) is 21.0. The Balaban J connectivity index is 1.50. The van der Waals surface area contributed by atoms with Crippen molar-refractivity contribution in [1.82, 2.24) is 15.5 Å². The summed E-state index contributed by atoms with van der Waals surface area (Å²) in [5, 5.41) is 14.2. The Morgan fingerprint density at radius 1 is 1.12 bits per heavy atom. The molecule has 4 rings (SSSR count). The molecule has 1 atom stereocenters. The van der Waals surface area contributed by atoms with E-state index in [0.29, 0.717) is 27.5 Å². The Bertz CT molecular complexity index is 1580. The number of carbonyl (C=O) groups is 2. The molecule has 13 heteroatoms. The summed E-state index contributed by atoms with van der Waals surface area (Å²) in [6.45, 7) is 0. The standard InChI is InChI=1S/C27H25ClN8O4/c28-20-9-12-23(36(30)16-31-29)19(15-20)8-13-24(37)33-22(14-17-4-2-1-3-5-17)26(38)32-21-10-6-18(7-11-21)25-34-27(39)40-35-25/h1-13,15-16,22H,14,29-30H2,(H,32,38)(H,33,37)(H,34,35,39)/b13-8+,31-16-/t22-/m0/s1. The molecule has 0 aliphatic rings. The van der Waals surface area contributed by atoms with Gasteiger partial charge in [0.2, 0.25) is 11.8 Å². The van der Waals surface area contributed by atoms with Crippen LogP contribution in [0.4, 0.5) is 11.4 Å². The summed E-state index contributed by atoms with van der Waals surface area (Å²) in [5.41, 5.74) is 2.96. The SMILES string of the molecule is N/N=C\N(N)c1ccc(Cl)cc1/C=C/C(=O)N[C@@H](Cc1ccccc1)C(=O)Nc1ccc(-c2noc(=O)[nH]2)cc1. The van der Waals surface area contributed by atoms with Gasteiger partial charge in [-0.3, -0.25) is 24.1 Å². The number of carbonyl (C=O) groups excluding carboxylic acids is 2. The van der Waals surface area contributed by atoms with E-state index in [0.717, 1.165) is 5.56 Å². The fourth-order valence-electron chi connectivity index (χ4n) is 3.77. The molecule has 0 bridgehead atoms. The van der Waals surface area contributed by atoms with Crippen molar-refractivity contribution in [3.63, 3.8) is 0 Å². The highest BCUT2D eigenvalue weighted by Crippen LogP contribution is 2.24. The maximum Gasteiger partial charge on any atom is 0.439 e. The predicted octanol–water partition coefficient (Wildman–Crippen LogP) is 2.64. The molecule has 0 saturated heterocycles. The van der Waals surface area contributed by atoms with Gasteiger partial charge in [-0.25, -0.2) is 10.6 Å². The molecule has 1 aromatic heterocycles. The summed E-state index contributed by atoms with van der Waals surface area (Å²) >= 11 is 6.12. The van der Waals surface area contributed by atoms with Crippen molar-refractivity contribution >= 4 is 47.2 Å². The van der Waals surface area contributed by atoms with Gasteiger partial charge in [0.1, 0.15) is 12.4 Å². The number of halogens is 1. The highest BCUT2D eigenvalue weighted by atomic mass is 35.5. The number of hydrogen-bond acceptors (Lipinski definition) is 8. The Morgan fingerprint density at radius 2 is 1.88 bits per heavy atom. The van der Waals surface area contributed by atoms with E-state index in [1.54, 1.807) is 42.5 Å². The molecule has 12 nitrogen and oxygen atoms in total. The average molecular weight is 561 g/mol. The number of benzene rings is 3. The minimum Gasteiger partial charge on any atom is -0.340 e. The molecule has 0 radical (unpaired) electrons. The first kappa shape index (κ1) is 27.8. The van der Waals surface area contributed by atoms with Gasteiger partial charge >= 0.3 is 5.76 Å². The van der Waals surface area contributed by atoms with E-state index in [4.69, 9.17) is 23.3 Å². The topological polar surface area (TPSA) is 185 Å². The molecule has 2 amide bonds. The fourth-order valence-corrected chi connectivity index (χ4v) is 3.95. The van der Waals surface area contributed by atoms with E-state index in [1.807, 2.05) is 30.3 Å². The van der Waals surface area contributed by atoms with Crippen molar-refractivity contribution in [2.24, 2.45) is 16.8 Å². The van der Waals surface area contributed by atoms with Gasteiger partial charge in [0, 0.05) is 34.3 Å². The van der Waals surface area contributed by atoms with Crippen molar-refractivity contribution in [2.75, 3.05) is 10.3 Å². The van der Waals surface area contributed by atoms with Crippen LogP contribution in [0.5, 0.6) is 0 Å². The lowest BCUT2D eigenvalue weighted by atomic mass is 10.0. The number of nitrogens with two attached hydrogens (primary N) is 2. The predicted molar refractivity (Wildman–Crippen MR) is 153 cm³/mol. The lowest BCUT2D eigenvalue weighted by Gasteiger charge is -2.18. The number of rotatable bonds is 10. The summed E-state index contributed by atoms with van der Waals surface area (Å²) in [7, 11) is 0. The number of nitrogens with zero attached hydrogens (tertiary/aromatic N) is 3. The van der Waals surface area contributed by atoms with Crippen molar-refractivity contribution < 1.29 is 14.1 Å². The summed E-state index contributed by atoms with van der Waals surface area (Å²) in [5.74, 6) is 9.78. The number of hydrogen-bond donors (Lipinski definition) is 5. The molecule has 0 saturated carbocycles. The summed E-state index contributed by atoms with van der Waals surface area (Å²) in [4.78, 5) is 39.8. The molecule has 0 aliphatic heterocycles. The zero-order valence-corrected chi connectivity index (χ0v) is 21.7. The molecule has 204 valence electrons. The van der Waals surface area contributed by atoms with Crippen LogP contribution < -0.4 is 33.1 Å². The number of nitrogens with one attached hydrogen (secondary N) is 3. The minimum atomic E-state index is -0.902. The van der Waals surface area contributed by atoms with Gasteiger partial charge in [-0.05, 0) is 54.1 Å². The van der Waals surface area contributed by atoms with Crippen molar-refractivity contribution in [3.8, 4) is 11.4 Å². The van der Waals surface area contributed by atoms with E-state index in [-0.39, 0.29) is 12.2 Å². The van der Waals surface area contributed by atoms with Crippen LogP contribution in [0, 0.1) is 0 Å².